The molecule has 0 amide bonds. The third kappa shape index (κ3) is 4.58. The molecule has 0 spiro atoms. The zero-order valence-corrected chi connectivity index (χ0v) is 12.5. The molecule has 0 aromatic carbocycles. The van der Waals surface area contributed by atoms with Crippen molar-refractivity contribution in [2.45, 2.75) is 11.8 Å². The van der Waals surface area contributed by atoms with Gasteiger partial charge in [-0.15, -0.1) is 0 Å². The van der Waals surface area contributed by atoms with Gasteiger partial charge in [0.15, 0.2) is 0 Å². The highest BCUT2D eigenvalue weighted by Gasteiger charge is 2.21. The second kappa shape index (κ2) is 7.97. The van der Waals surface area contributed by atoms with Gasteiger partial charge in [-0.3, -0.25) is 4.98 Å². The van der Waals surface area contributed by atoms with Gasteiger partial charge in [0.05, 0.1) is 13.2 Å². The van der Waals surface area contributed by atoms with Gasteiger partial charge in [0, 0.05) is 38.2 Å². The summed E-state index contributed by atoms with van der Waals surface area (Å²) in [7, 11) is -2.07. The minimum absolute atomic E-state index is 0.111. The number of nitrogens with two attached hydrogens (primary N) is 1. The minimum Gasteiger partial charge on any atom is -0.380 e. The van der Waals surface area contributed by atoms with Crippen molar-refractivity contribution in [3.63, 3.8) is 0 Å². The summed E-state index contributed by atoms with van der Waals surface area (Å²) >= 11 is 0. The summed E-state index contributed by atoms with van der Waals surface area (Å²) < 4.78 is 31.0. The lowest BCUT2D eigenvalue weighted by atomic mass is 10.3. The molecule has 0 saturated carbocycles. The number of hydrogen-bond acceptors (Lipinski definition) is 5. The summed E-state index contributed by atoms with van der Waals surface area (Å²) in [6.45, 7) is 3.27. The molecule has 0 aliphatic heterocycles. The van der Waals surface area contributed by atoms with E-state index in [-0.39, 0.29) is 18.0 Å². The lowest BCUT2D eigenvalue weighted by Gasteiger charge is -2.16. The largest absolute Gasteiger partial charge is 0.380 e. The van der Waals surface area contributed by atoms with E-state index in [1.807, 2.05) is 6.92 Å². The highest BCUT2D eigenvalue weighted by Crippen LogP contribution is 2.14. The smallest absolute Gasteiger partial charge is 0.244 e. The van der Waals surface area contributed by atoms with E-state index in [2.05, 4.69) is 16.8 Å². The summed E-state index contributed by atoms with van der Waals surface area (Å²) in [5.41, 5.74) is 5.80. The van der Waals surface area contributed by atoms with Gasteiger partial charge in [-0.2, -0.15) is 4.31 Å². The van der Waals surface area contributed by atoms with E-state index in [4.69, 9.17) is 10.5 Å². The third-order valence-corrected chi connectivity index (χ3v) is 4.33. The van der Waals surface area contributed by atoms with Gasteiger partial charge >= 0.3 is 0 Å². The summed E-state index contributed by atoms with van der Waals surface area (Å²) in [6, 6.07) is 1.49. The second-order valence-corrected chi connectivity index (χ2v) is 5.98. The Balaban J connectivity index is 2.91. The Morgan fingerprint density at radius 3 is 2.85 bits per heavy atom. The Bertz CT molecular complexity index is 590. The van der Waals surface area contributed by atoms with Crippen molar-refractivity contribution in [2.24, 2.45) is 5.73 Å². The fourth-order valence-electron chi connectivity index (χ4n) is 1.42. The molecule has 1 rings (SSSR count). The van der Waals surface area contributed by atoms with Crippen LogP contribution in [0.25, 0.3) is 0 Å². The molecule has 0 atom stereocenters. The molecule has 1 aromatic heterocycles. The number of sulfonamides is 1. The van der Waals surface area contributed by atoms with Gasteiger partial charge in [0.2, 0.25) is 10.0 Å². The average molecular weight is 297 g/mol. The number of nitrogens with zero attached hydrogens (tertiary/aromatic N) is 2. The molecule has 0 aliphatic rings. The molecular formula is C13H19N3O3S. The maximum atomic E-state index is 12.3. The highest BCUT2D eigenvalue weighted by atomic mass is 32.2. The number of aromatic nitrogens is 1. The van der Waals surface area contributed by atoms with Gasteiger partial charge in [-0.1, -0.05) is 11.8 Å². The van der Waals surface area contributed by atoms with Crippen molar-refractivity contribution >= 4 is 10.0 Å². The van der Waals surface area contributed by atoms with Crippen LogP contribution < -0.4 is 5.73 Å². The first-order valence-electron chi connectivity index (χ1n) is 6.20. The number of ether oxygens (including phenoxy) is 1. The van der Waals surface area contributed by atoms with Crippen LogP contribution in [-0.4, -0.2) is 51.1 Å². The Kier molecular flexibility index (Phi) is 6.61. The summed E-state index contributed by atoms with van der Waals surface area (Å²) in [5, 5.41) is 0. The quantitative estimate of drug-likeness (QED) is 0.592. The molecule has 0 bridgehead atoms. The standard InChI is InChI=1S/C13H19N3O3S/c1-3-19-8-7-16(2)20(17,18)13-9-12(5-4-6-14)10-15-11-13/h9-11H,3,6-8,14H2,1-2H3. The Labute approximate surface area is 120 Å². The first-order valence-corrected chi connectivity index (χ1v) is 7.64. The molecule has 0 radical (unpaired) electrons. The van der Waals surface area contributed by atoms with Crippen LogP contribution in [0, 0.1) is 11.8 Å². The molecule has 6 nitrogen and oxygen atoms in total. The van der Waals surface area contributed by atoms with Gasteiger partial charge < -0.3 is 10.5 Å². The van der Waals surface area contributed by atoms with E-state index < -0.39 is 10.0 Å². The van der Waals surface area contributed by atoms with Gasteiger partial charge in [-0.25, -0.2) is 8.42 Å². The number of hydrogen-bond donors (Lipinski definition) is 1. The number of pyridine rings is 1. The fourth-order valence-corrected chi connectivity index (χ4v) is 2.56. The van der Waals surface area contributed by atoms with Gasteiger partial charge in [0.1, 0.15) is 4.90 Å². The predicted molar refractivity (Wildman–Crippen MR) is 76.5 cm³/mol. The van der Waals surface area contributed by atoms with E-state index in [0.717, 1.165) is 0 Å². The molecule has 1 heterocycles. The SMILES string of the molecule is CCOCCN(C)S(=O)(=O)c1cncc(C#CCN)c1. The van der Waals surface area contributed by atoms with E-state index in [9.17, 15) is 8.42 Å². The van der Waals surface area contributed by atoms with Crippen LogP contribution in [0.1, 0.15) is 12.5 Å². The molecule has 7 heteroatoms. The van der Waals surface area contributed by atoms with Crippen LogP contribution in [0.4, 0.5) is 0 Å². The van der Waals surface area contributed by atoms with Crippen LogP contribution in [0.5, 0.6) is 0 Å². The van der Waals surface area contributed by atoms with Crippen molar-refractivity contribution in [3.8, 4) is 11.8 Å². The van der Waals surface area contributed by atoms with E-state index in [1.165, 1.54) is 29.8 Å². The summed E-state index contributed by atoms with van der Waals surface area (Å²) in [4.78, 5) is 4.01. The monoisotopic (exact) mass is 297 g/mol. The molecule has 0 saturated heterocycles. The Hall–Kier alpha value is -1.46. The maximum Gasteiger partial charge on any atom is 0.244 e. The fraction of sp³-hybridized carbons (Fsp3) is 0.462. The lowest BCUT2D eigenvalue weighted by molar-refractivity contribution is 0.138. The van der Waals surface area contributed by atoms with Gasteiger partial charge in [-0.05, 0) is 13.0 Å². The second-order valence-electron chi connectivity index (χ2n) is 3.94. The molecule has 0 unspecified atom stereocenters. The predicted octanol–water partition coefficient (Wildman–Crippen LogP) is 0.0488. The summed E-state index contributed by atoms with van der Waals surface area (Å²) in [6.07, 6.45) is 2.81. The van der Waals surface area contributed by atoms with Crippen LogP contribution in [0.15, 0.2) is 23.4 Å². The first kappa shape index (κ1) is 16.6. The zero-order valence-electron chi connectivity index (χ0n) is 11.7. The highest BCUT2D eigenvalue weighted by molar-refractivity contribution is 7.89. The van der Waals surface area contributed by atoms with Crippen molar-refractivity contribution < 1.29 is 13.2 Å². The Morgan fingerprint density at radius 1 is 1.45 bits per heavy atom. The van der Waals surface area contributed by atoms with Crippen LogP contribution in [-0.2, 0) is 14.8 Å². The van der Waals surface area contributed by atoms with Crippen molar-refractivity contribution in [3.05, 3.63) is 24.0 Å². The van der Waals surface area contributed by atoms with Crippen LogP contribution >= 0.6 is 0 Å². The van der Waals surface area contributed by atoms with Crippen LogP contribution in [0.3, 0.4) is 0 Å². The van der Waals surface area contributed by atoms with E-state index >= 15 is 0 Å². The topological polar surface area (TPSA) is 85.5 Å². The molecule has 110 valence electrons. The van der Waals surface area contributed by atoms with Crippen LogP contribution in [0.2, 0.25) is 0 Å². The number of rotatable bonds is 6. The third-order valence-electron chi connectivity index (χ3n) is 2.51. The molecule has 20 heavy (non-hydrogen) atoms. The maximum absolute atomic E-state index is 12.3. The molecule has 0 aliphatic carbocycles. The van der Waals surface area contributed by atoms with Crippen molar-refractivity contribution in [1.29, 1.82) is 0 Å². The number of likely N-dealkylation sites (N-methyl/N-ethyl adjacent to an activating group) is 1. The average Bonchev–Trinajstić information content (AvgIpc) is 2.45. The Morgan fingerprint density at radius 2 is 2.20 bits per heavy atom. The lowest BCUT2D eigenvalue weighted by Crippen LogP contribution is -2.30. The summed E-state index contributed by atoms with van der Waals surface area (Å²) in [5.74, 6) is 5.43. The molecule has 1 aromatic rings. The molecule has 0 fully saturated rings. The normalized spacial score (nSPS) is 11.2. The van der Waals surface area contributed by atoms with E-state index in [0.29, 0.717) is 18.8 Å². The molecular weight excluding hydrogens is 278 g/mol. The molecule has 2 N–H and O–H groups in total. The van der Waals surface area contributed by atoms with E-state index in [1.54, 1.807) is 0 Å². The van der Waals surface area contributed by atoms with Crippen molar-refractivity contribution in [2.75, 3.05) is 33.4 Å². The zero-order chi connectivity index (χ0) is 15.0. The van der Waals surface area contributed by atoms with Crippen molar-refractivity contribution in [1.82, 2.24) is 9.29 Å². The van der Waals surface area contributed by atoms with Gasteiger partial charge in [0.25, 0.3) is 0 Å². The first-order chi connectivity index (χ1) is 9.52. The minimum atomic E-state index is -3.58.